The molecular formula is C15H21N3O2. The summed E-state index contributed by atoms with van der Waals surface area (Å²) in [6, 6.07) is 7.28. The molecule has 5 heteroatoms. The van der Waals surface area contributed by atoms with Gasteiger partial charge in [0.15, 0.2) is 0 Å². The van der Waals surface area contributed by atoms with Crippen molar-refractivity contribution in [2.45, 2.75) is 25.8 Å². The lowest BCUT2D eigenvalue weighted by Crippen LogP contribution is -2.30. The van der Waals surface area contributed by atoms with Crippen molar-refractivity contribution >= 4 is 11.8 Å². The predicted molar refractivity (Wildman–Crippen MR) is 77.1 cm³/mol. The molecule has 1 aliphatic heterocycles. The third kappa shape index (κ3) is 3.81. The van der Waals surface area contributed by atoms with Gasteiger partial charge in [-0.25, -0.2) is 0 Å². The molecule has 1 aromatic carbocycles. The fraction of sp³-hybridized carbons (Fsp3) is 0.467. The molecule has 0 saturated carbocycles. The lowest BCUT2D eigenvalue weighted by Gasteiger charge is -2.15. The van der Waals surface area contributed by atoms with E-state index in [2.05, 4.69) is 5.32 Å². The Kier molecular flexibility index (Phi) is 5.12. The first-order valence-corrected chi connectivity index (χ1v) is 7.05. The second-order valence-electron chi connectivity index (χ2n) is 4.99. The highest BCUT2D eigenvalue weighted by molar-refractivity contribution is 5.94. The molecule has 0 spiro atoms. The van der Waals surface area contributed by atoms with Gasteiger partial charge in [0.05, 0.1) is 0 Å². The summed E-state index contributed by atoms with van der Waals surface area (Å²) < 4.78 is 0. The van der Waals surface area contributed by atoms with Crippen LogP contribution in [0.3, 0.4) is 0 Å². The number of benzene rings is 1. The van der Waals surface area contributed by atoms with Gasteiger partial charge in [0, 0.05) is 38.2 Å². The first-order valence-electron chi connectivity index (χ1n) is 7.05. The maximum atomic E-state index is 11.9. The van der Waals surface area contributed by atoms with Crippen molar-refractivity contribution in [2.24, 2.45) is 5.73 Å². The number of nitrogens with zero attached hydrogens (tertiary/aromatic N) is 1. The molecule has 1 fully saturated rings. The third-order valence-corrected chi connectivity index (χ3v) is 3.51. The Morgan fingerprint density at radius 1 is 1.30 bits per heavy atom. The van der Waals surface area contributed by atoms with Crippen LogP contribution in [0, 0.1) is 0 Å². The van der Waals surface area contributed by atoms with E-state index in [1.165, 1.54) is 0 Å². The Morgan fingerprint density at radius 3 is 2.65 bits per heavy atom. The number of hydrogen-bond donors (Lipinski definition) is 2. The smallest absolute Gasteiger partial charge is 0.251 e. The Morgan fingerprint density at radius 2 is 2.05 bits per heavy atom. The molecule has 0 radical (unpaired) electrons. The SMILES string of the molecule is NCc1ccc(C(=O)NCCCN2CCCC2=O)cc1. The van der Waals surface area contributed by atoms with E-state index in [-0.39, 0.29) is 11.8 Å². The monoisotopic (exact) mass is 275 g/mol. The molecule has 20 heavy (non-hydrogen) atoms. The van der Waals surface area contributed by atoms with Crippen molar-refractivity contribution in [3.63, 3.8) is 0 Å². The van der Waals surface area contributed by atoms with Crippen LogP contribution in [-0.2, 0) is 11.3 Å². The molecule has 0 unspecified atom stereocenters. The van der Waals surface area contributed by atoms with E-state index in [1.54, 1.807) is 12.1 Å². The van der Waals surface area contributed by atoms with Crippen molar-refractivity contribution in [1.29, 1.82) is 0 Å². The molecule has 1 aromatic rings. The number of carbonyl (C=O) groups is 2. The predicted octanol–water partition coefficient (Wildman–Crippen LogP) is 0.888. The van der Waals surface area contributed by atoms with Gasteiger partial charge >= 0.3 is 0 Å². The summed E-state index contributed by atoms with van der Waals surface area (Å²) in [4.78, 5) is 25.2. The third-order valence-electron chi connectivity index (χ3n) is 3.51. The van der Waals surface area contributed by atoms with E-state index >= 15 is 0 Å². The molecule has 3 N–H and O–H groups in total. The van der Waals surface area contributed by atoms with Crippen molar-refractivity contribution in [2.75, 3.05) is 19.6 Å². The molecule has 0 bridgehead atoms. The summed E-state index contributed by atoms with van der Waals surface area (Å²) in [5, 5.41) is 2.87. The Balaban J connectivity index is 1.70. The largest absolute Gasteiger partial charge is 0.352 e. The Bertz CT molecular complexity index is 471. The summed E-state index contributed by atoms with van der Waals surface area (Å²) in [6.45, 7) is 2.64. The van der Waals surface area contributed by atoms with Crippen molar-refractivity contribution in [1.82, 2.24) is 10.2 Å². The van der Waals surface area contributed by atoms with Crippen molar-refractivity contribution < 1.29 is 9.59 Å². The minimum atomic E-state index is -0.0821. The van der Waals surface area contributed by atoms with Crippen LogP contribution in [0.15, 0.2) is 24.3 Å². The molecule has 1 saturated heterocycles. The van der Waals surface area contributed by atoms with Gasteiger partial charge in [-0.15, -0.1) is 0 Å². The van der Waals surface area contributed by atoms with Gasteiger partial charge in [0.25, 0.3) is 5.91 Å². The second-order valence-corrected chi connectivity index (χ2v) is 4.99. The van der Waals surface area contributed by atoms with Crippen LogP contribution in [0.1, 0.15) is 35.2 Å². The van der Waals surface area contributed by atoms with Crippen LogP contribution in [0.5, 0.6) is 0 Å². The molecule has 2 amide bonds. The number of nitrogens with two attached hydrogens (primary N) is 1. The number of likely N-dealkylation sites (tertiary alicyclic amines) is 1. The van der Waals surface area contributed by atoms with Gasteiger partial charge in [-0.3, -0.25) is 9.59 Å². The highest BCUT2D eigenvalue weighted by atomic mass is 16.2. The zero-order chi connectivity index (χ0) is 14.4. The van der Waals surface area contributed by atoms with Crippen LogP contribution in [0.2, 0.25) is 0 Å². The fourth-order valence-corrected chi connectivity index (χ4v) is 2.31. The van der Waals surface area contributed by atoms with E-state index in [0.717, 1.165) is 31.5 Å². The van der Waals surface area contributed by atoms with Gasteiger partial charge in [-0.05, 0) is 30.5 Å². The van der Waals surface area contributed by atoms with Crippen LogP contribution in [0.25, 0.3) is 0 Å². The molecule has 0 atom stereocenters. The molecule has 108 valence electrons. The molecular weight excluding hydrogens is 254 g/mol. The van der Waals surface area contributed by atoms with Crippen LogP contribution in [0.4, 0.5) is 0 Å². The van der Waals surface area contributed by atoms with Crippen molar-refractivity contribution in [3.05, 3.63) is 35.4 Å². The quantitative estimate of drug-likeness (QED) is 0.757. The lowest BCUT2D eigenvalue weighted by molar-refractivity contribution is -0.127. The van der Waals surface area contributed by atoms with Gasteiger partial charge in [-0.2, -0.15) is 0 Å². The van der Waals surface area contributed by atoms with Gasteiger partial charge in [0.2, 0.25) is 5.91 Å². The average molecular weight is 275 g/mol. The zero-order valence-corrected chi connectivity index (χ0v) is 11.6. The first-order chi connectivity index (χ1) is 9.70. The normalized spacial score (nSPS) is 14.7. The summed E-state index contributed by atoms with van der Waals surface area (Å²) in [7, 11) is 0. The number of nitrogens with one attached hydrogen (secondary N) is 1. The Hall–Kier alpha value is -1.88. The van der Waals surface area contributed by atoms with E-state index in [0.29, 0.717) is 25.1 Å². The summed E-state index contributed by atoms with van der Waals surface area (Å²) in [6.07, 6.45) is 2.41. The van der Waals surface area contributed by atoms with E-state index in [9.17, 15) is 9.59 Å². The van der Waals surface area contributed by atoms with Gasteiger partial charge in [-0.1, -0.05) is 12.1 Å². The maximum absolute atomic E-state index is 11.9. The molecule has 5 nitrogen and oxygen atoms in total. The lowest BCUT2D eigenvalue weighted by atomic mass is 10.1. The van der Waals surface area contributed by atoms with Crippen molar-refractivity contribution in [3.8, 4) is 0 Å². The van der Waals surface area contributed by atoms with Crippen LogP contribution in [-0.4, -0.2) is 36.3 Å². The van der Waals surface area contributed by atoms with Crippen LogP contribution < -0.4 is 11.1 Å². The molecule has 0 aromatic heterocycles. The molecule has 1 aliphatic rings. The summed E-state index contributed by atoms with van der Waals surface area (Å²) in [5.41, 5.74) is 7.16. The topological polar surface area (TPSA) is 75.4 Å². The molecule has 0 aliphatic carbocycles. The van der Waals surface area contributed by atoms with E-state index in [1.807, 2.05) is 17.0 Å². The molecule has 1 heterocycles. The number of carbonyl (C=O) groups excluding carboxylic acids is 2. The highest BCUT2D eigenvalue weighted by Gasteiger charge is 2.19. The first kappa shape index (κ1) is 14.5. The number of hydrogen-bond acceptors (Lipinski definition) is 3. The summed E-state index contributed by atoms with van der Waals surface area (Å²) >= 11 is 0. The van der Waals surface area contributed by atoms with Gasteiger partial charge in [0.1, 0.15) is 0 Å². The second kappa shape index (κ2) is 7.05. The van der Waals surface area contributed by atoms with Gasteiger partial charge < -0.3 is 16.0 Å². The Labute approximate surface area is 119 Å². The molecule has 2 rings (SSSR count). The summed E-state index contributed by atoms with van der Waals surface area (Å²) in [5.74, 6) is 0.148. The number of rotatable bonds is 6. The standard InChI is InChI=1S/C15H21N3O2/c16-11-12-4-6-13(7-5-12)15(20)17-8-2-10-18-9-1-3-14(18)19/h4-7H,1-3,8-11,16H2,(H,17,20). The van der Waals surface area contributed by atoms with E-state index in [4.69, 9.17) is 5.73 Å². The average Bonchev–Trinajstić information content (AvgIpc) is 2.89. The maximum Gasteiger partial charge on any atom is 0.251 e. The highest BCUT2D eigenvalue weighted by Crippen LogP contribution is 2.09. The minimum absolute atomic E-state index is 0.0821. The van der Waals surface area contributed by atoms with E-state index < -0.39 is 0 Å². The fourth-order valence-electron chi connectivity index (χ4n) is 2.31. The minimum Gasteiger partial charge on any atom is -0.352 e. The number of amides is 2. The zero-order valence-electron chi connectivity index (χ0n) is 11.6. The van der Waals surface area contributed by atoms with Crippen LogP contribution >= 0.6 is 0 Å².